The van der Waals surface area contributed by atoms with Crippen LogP contribution in [0.15, 0.2) is 109 Å². The van der Waals surface area contributed by atoms with E-state index in [-0.39, 0.29) is 39.6 Å². The Hall–Kier alpha value is -5.52. The molecule has 0 saturated carbocycles. The highest BCUT2D eigenvalue weighted by Crippen LogP contribution is 2.63. The molecule has 1 aliphatic carbocycles. The highest BCUT2D eigenvalue weighted by molar-refractivity contribution is 5.66. The second-order valence-corrected chi connectivity index (χ2v) is 22.6. The molecule has 0 radical (unpaired) electrons. The van der Waals surface area contributed by atoms with Gasteiger partial charge in [0.2, 0.25) is 0 Å². The van der Waals surface area contributed by atoms with Crippen molar-refractivity contribution in [3.8, 4) is 23.3 Å². The monoisotopic (exact) mass is 816 g/mol. The van der Waals surface area contributed by atoms with Crippen LogP contribution in [-0.4, -0.2) is 5.11 Å². The van der Waals surface area contributed by atoms with Gasteiger partial charge >= 0.3 is 0 Å². The zero-order valence-corrected chi connectivity index (χ0v) is 39.1. The van der Waals surface area contributed by atoms with Crippen LogP contribution < -0.4 is 4.74 Å². The third-order valence-electron chi connectivity index (χ3n) is 13.8. The quantitative estimate of drug-likeness (QED) is 0.168. The summed E-state index contributed by atoms with van der Waals surface area (Å²) in [6.07, 6.45) is 1.65. The summed E-state index contributed by atoms with van der Waals surface area (Å²) in [5.74, 6) is 8.93. The number of phenolic OH excluding ortho intramolecular Hbond substituents is 1. The lowest BCUT2D eigenvalue weighted by atomic mass is 9.74. The Morgan fingerprint density at radius 2 is 0.919 bits per heavy atom. The smallest absolute Gasteiger partial charge is 0.132 e. The van der Waals surface area contributed by atoms with Crippen molar-refractivity contribution in [1.29, 1.82) is 0 Å². The zero-order chi connectivity index (χ0) is 44.1. The average Bonchev–Trinajstić information content (AvgIpc) is 3.44. The summed E-state index contributed by atoms with van der Waals surface area (Å²) >= 11 is 0. The molecule has 6 aromatic carbocycles. The molecule has 2 heteroatoms. The van der Waals surface area contributed by atoms with Crippen LogP contribution in [-0.2, 0) is 40.9 Å². The molecule has 62 heavy (non-hydrogen) atoms. The minimum Gasteiger partial charge on any atom is -0.507 e. The van der Waals surface area contributed by atoms with Gasteiger partial charge in [-0.25, -0.2) is 0 Å². The molecule has 2 aliphatic heterocycles. The number of benzene rings is 6. The molecule has 3 aliphatic rings. The minimum atomic E-state index is -0.195. The number of hydrogen-bond donors (Lipinski definition) is 1. The van der Waals surface area contributed by atoms with E-state index in [0.29, 0.717) is 25.0 Å². The summed E-state index contributed by atoms with van der Waals surface area (Å²) in [5.41, 5.74) is 18.7. The summed E-state index contributed by atoms with van der Waals surface area (Å²) in [6, 6.07) is 40.6. The Balaban J connectivity index is 1.42. The number of aromatic hydroxyl groups is 1. The van der Waals surface area contributed by atoms with Gasteiger partial charge < -0.3 is 9.84 Å². The summed E-state index contributed by atoms with van der Waals surface area (Å²) in [5, 5.41) is 12.7. The second kappa shape index (κ2) is 14.8. The maximum absolute atomic E-state index is 12.7. The summed E-state index contributed by atoms with van der Waals surface area (Å²) in [6.45, 7) is 27.8. The Kier molecular flexibility index (Phi) is 9.98. The van der Waals surface area contributed by atoms with Gasteiger partial charge in [-0.15, -0.1) is 0 Å². The van der Waals surface area contributed by atoms with E-state index in [9.17, 15) is 5.11 Å². The first kappa shape index (κ1) is 41.8. The topological polar surface area (TPSA) is 29.5 Å². The van der Waals surface area contributed by atoms with E-state index >= 15 is 0 Å². The highest BCUT2D eigenvalue weighted by atomic mass is 16.5. The fourth-order valence-electron chi connectivity index (χ4n) is 10.2. The molecule has 9 rings (SSSR count). The third-order valence-corrected chi connectivity index (χ3v) is 13.8. The van der Waals surface area contributed by atoms with Crippen molar-refractivity contribution in [2.45, 2.75) is 142 Å². The maximum Gasteiger partial charge on any atom is 0.132 e. The molecule has 0 spiro atoms. The van der Waals surface area contributed by atoms with Gasteiger partial charge in [0.15, 0.2) is 0 Å². The Morgan fingerprint density at radius 3 is 1.47 bits per heavy atom. The van der Waals surface area contributed by atoms with Gasteiger partial charge in [0, 0.05) is 53.4 Å². The Bertz CT molecular complexity index is 2780. The van der Waals surface area contributed by atoms with E-state index in [2.05, 4.69) is 198 Å². The van der Waals surface area contributed by atoms with Crippen LogP contribution in [0.4, 0.5) is 0 Å². The molecule has 3 unspecified atom stereocenters. The van der Waals surface area contributed by atoms with Crippen LogP contribution >= 0.6 is 0 Å². The van der Waals surface area contributed by atoms with Gasteiger partial charge in [0.05, 0.1) is 0 Å². The van der Waals surface area contributed by atoms with Crippen molar-refractivity contribution in [3.05, 3.63) is 198 Å². The van der Waals surface area contributed by atoms with E-state index in [0.717, 1.165) is 33.6 Å². The molecule has 0 fully saturated rings. The lowest BCUT2D eigenvalue weighted by Crippen LogP contribution is -2.25. The van der Waals surface area contributed by atoms with Crippen molar-refractivity contribution in [2.75, 3.05) is 0 Å². The zero-order valence-electron chi connectivity index (χ0n) is 39.1. The highest BCUT2D eigenvalue weighted by Gasteiger charge is 2.51. The molecule has 7 bridgehead atoms. The summed E-state index contributed by atoms with van der Waals surface area (Å²) in [7, 11) is 0. The van der Waals surface area contributed by atoms with Gasteiger partial charge in [-0.2, -0.15) is 0 Å². The normalized spacial score (nSPS) is 18.0. The fraction of sp³-hybridized carbons (Fsp3) is 0.367. The van der Waals surface area contributed by atoms with E-state index < -0.39 is 0 Å². The number of hydrogen-bond acceptors (Lipinski definition) is 2. The van der Waals surface area contributed by atoms with E-state index in [1.807, 2.05) is 6.07 Å². The Labute approximate surface area is 371 Å². The van der Waals surface area contributed by atoms with Gasteiger partial charge in [-0.05, 0) is 101 Å². The second-order valence-electron chi connectivity index (χ2n) is 22.6. The number of ether oxygens (including phenoxy) is 1. The van der Waals surface area contributed by atoms with Crippen molar-refractivity contribution < 1.29 is 9.84 Å². The van der Waals surface area contributed by atoms with E-state index in [1.165, 1.54) is 61.2 Å². The predicted octanol–water partition coefficient (Wildman–Crippen LogP) is 14.4. The van der Waals surface area contributed by atoms with Crippen LogP contribution in [0.3, 0.4) is 0 Å². The molecule has 2 heterocycles. The largest absolute Gasteiger partial charge is 0.507 e. The number of phenols is 1. The molecular formula is C60H64O2. The van der Waals surface area contributed by atoms with Crippen LogP contribution in [0.5, 0.6) is 11.5 Å². The van der Waals surface area contributed by atoms with Gasteiger partial charge in [0.25, 0.3) is 0 Å². The predicted molar refractivity (Wildman–Crippen MR) is 257 cm³/mol. The number of fused-ring (bicyclic) bond motifs is 7. The van der Waals surface area contributed by atoms with Crippen molar-refractivity contribution in [2.24, 2.45) is 0 Å². The lowest BCUT2D eigenvalue weighted by molar-refractivity contribution is 0.157. The van der Waals surface area contributed by atoms with Crippen molar-refractivity contribution in [1.82, 2.24) is 0 Å². The average molecular weight is 817 g/mol. The Morgan fingerprint density at radius 1 is 0.484 bits per heavy atom. The van der Waals surface area contributed by atoms with Crippen LogP contribution in [0.1, 0.15) is 190 Å². The first-order valence-corrected chi connectivity index (χ1v) is 22.8. The molecular weight excluding hydrogens is 753 g/mol. The molecule has 1 N–H and O–H groups in total. The molecule has 3 atom stereocenters. The molecule has 2 nitrogen and oxygen atoms in total. The van der Waals surface area contributed by atoms with Crippen LogP contribution in [0.25, 0.3) is 0 Å². The van der Waals surface area contributed by atoms with Gasteiger partial charge in [0.1, 0.15) is 17.6 Å². The van der Waals surface area contributed by atoms with Crippen molar-refractivity contribution in [3.63, 3.8) is 0 Å². The molecule has 6 aromatic rings. The third kappa shape index (κ3) is 7.57. The van der Waals surface area contributed by atoms with E-state index in [1.54, 1.807) is 0 Å². The SMILES string of the molecule is CC(C)(C)c1cc2c(O)c(c1)Cc1cc(C(C)(C)C)cc3c1C1Oc4c(cc(C(C)(C)C)cc4C3C1c1ccccc1)Cc1cc(C(C)(C)C)cc(c1C#Cc1ccccc1)C2. The minimum absolute atomic E-state index is 0.0865. The first-order chi connectivity index (χ1) is 29.1. The molecule has 0 amide bonds. The number of rotatable bonds is 1. The fourth-order valence-corrected chi connectivity index (χ4v) is 10.2. The molecule has 0 saturated heterocycles. The van der Waals surface area contributed by atoms with E-state index in [4.69, 9.17) is 4.74 Å². The lowest BCUT2D eigenvalue weighted by Gasteiger charge is -2.36. The van der Waals surface area contributed by atoms with Crippen LogP contribution in [0, 0.1) is 11.8 Å². The van der Waals surface area contributed by atoms with Crippen LogP contribution in [0.2, 0.25) is 0 Å². The summed E-state index contributed by atoms with van der Waals surface area (Å²) in [4.78, 5) is 0. The van der Waals surface area contributed by atoms with Crippen molar-refractivity contribution >= 4 is 0 Å². The molecule has 0 aromatic heterocycles. The first-order valence-electron chi connectivity index (χ1n) is 22.8. The summed E-state index contributed by atoms with van der Waals surface area (Å²) < 4.78 is 7.71. The van der Waals surface area contributed by atoms with Gasteiger partial charge in [-0.3, -0.25) is 0 Å². The molecule has 316 valence electrons. The van der Waals surface area contributed by atoms with Gasteiger partial charge in [-0.1, -0.05) is 192 Å². The maximum atomic E-state index is 12.7. The standard InChI is InChI=1S/C60H64O2/c1-57(2,3)44-28-38-25-41-31-45(58(4,5)6)32-42(54(41)61)27-40-30-46(59(7,8)9)34-49-51(40)56-52(37-21-17-14-18-22-37)53(49)50-35-47(60(10,11)12)33-43(55(50)62-56)26-39(29-44)48(38)24-23-36-19-15-13-16-20-36/h13-22,28-35,52-53,56,61H,25-27H2,1-12H3.